The van der Waals surface area contributed by atoms with Crippen LogP contribution in [0.2, 0.25) is 6.55 Å². The lowest BCUT2D eigenvalue weighted by Gasteiger charge is -2.41. The van der Waals surface area contributed by atoms with Crippen LogP contribution in [0.4, 0.5) is 0 Å². The van der Waals surface area contributed by atoms with Crippen LogP contribution in [0, 0.1) is 0 Å². The van der Waals surface area contributed by atoms with Crippen molar-refractivity contribution in [2.24, 2.45) is 0 Å². The van der Waals surface area contributed by atoms with E-state index < -0.39 is 33.8 Å². The summed E-state index contributed by atoms with van der Waals surface area (Å²) in [6.45, 7) is 36.7. The van der Waals surface area contributed by atoms with Crippen molar-refractivity contribution in [2.75, 3.05) is 0 Å². The van der Waals surface area contributed by atoms with Crippen LogP contribution in [-0.4, -0.2) is 33.8 Å². The van der Waals surface area contributed by atoms with Gasteiger partial charge in [0.2, 0.25) is 0 Å². The highest BCUT2D eigenvalue weighted by molar-refractivity contribution is 7.00. The molecule has 0 heterocycles. The minimum Gasteiger partial charge on any atom is -0.406 e. The molecule has 140 valence electrons. The molecule has 3 nitrogen and oxygen atoms in total. The fourth-order valence-corrected chi connectivity index (χ4v) is 16.0. The third-order valence-corrected chi connectivity index (χ3v) is 18.4. The van der Waals surface area contributed by atoms with Gasteiger partial charge in [0.15, 0.2) is 0 Å². The third-order valence-electron chi connectivity index (χ3n) is 3.96. The first-order chi connectivity index (χ1) is 12.2. The van der Waals surface area contributed by atoms with E-state index in [0.717, 1.165) is 0 Å². The molecule has 0 aromatic rings. The van der Waals surface area contributed by atoms with E-state index in [9.17, 15) is 0 Å². The highest BCUT2D eigenvalue weighted by Crippen LogP contribution is 2.28. The zero-order chi connectivity index (χ0) is 20.5. The standard InChI is InChI=1S/C19H30O3Si4/c1-11-24(12-2,13-3)20-23(10,21-25(14-4,15-5)16-6)22-26(17-7,18-8)19-9/h11-19H,1-9H2,10H3. The van der Waals surface area contributed by atoms with Crippen LogP contribution in [0.25, 0.3) is 0 Å². The van der Waals surface area contributed by atoms with Gasteiger partial charge in [0, 0.05) is 6.55 Å². The summed E-state index contributed by atoms with van der Waals surface area (Å²) in [5.41, 5.74) is 15.5. The monoisotopic (exact) mass is 418 g/mol. The van der Waals surface area contributed by atoms with Gasteiger partial charge < -0.3 is 12.3 Å². The zero-order valence-corrected chi connectivity index (χ0v) is 19.8. The molecule has 0 saturated carbocycles. The molecule has 0 radical (unpaired) electrons. The van der Waals surface area contributed by atoms with Crippen molar-refractivity contribution in [1.29, 1.82) is 0 Å². The second kappa shape index (κ2) is 9.93. The SMILES string of the molecule is C=C[Si](C=C)(C=C)O[Si](C)(O[Si](C=C)(C=C)C=C)O[Si](C=C)(C=C)C=C. The summed E-state index contributed by atoms with van der Waals surface area (Å²) in [5.74, 6) is 0. The molecular weight excluding hydrogens is 389 g/mol. The second-order valence-electron chi connectivity index (χ2n) is 5.57. The molecule has 0 aliphatic carbocycles. The molecule has 0 fully saturated rings. The first-order valence-electron chi connectivity index (χ1n) is 8.00. The largest absolute Gasteiger partial charge is 0.468 e. The Morgan fingerprint density at radius 3 is 0.692 bits per heavy atom. The van der Waals surface area contributed by atoms with Crippen molar-refractivity contribution in [2.45, 2.75) is 6.55 Å². The lowest BCUT2D eigenvalue weighted by molar-refractivity contribution is 0.274. The fourth-order valence-electron chi connectivity index (χ4n) is 2.15. The van der Waals surface area contributed by atoms with Crippen molar-refractivity contribution in [3.8, 4) is 0 Å². The van der Waals surface area contributed by atoms with Gasteiger partial charge in [-0.3, -0.25) is 0 Å². The van der Waals surface area contributed by atoms with Gasteiger partial charge >= 0.3 is 8.80 Å². The molecule has 0 aromatic carbocycles. The van der Waals surface area contributed by atoms with Gasteiger partial charge in [-0.15, -0.1) is 59.2 Å². The van der Waals surface area contributed by atoms with Gasteiger partial charge in [0.05, 0.1) is 0 Å². The average molecular weight is 419 g/mol. The fraction of sp³-hybridized carbons (Fsp3) is 0.0526. The van der Waals surface area contributed by atoms with Crippen LogP contribution >= 0.6 is 0 Å². The molecule has 26 heavy (non-hydrogen) atoms. The van der Waals surface area contributed by atoms with E-state index in [-0.39, 0.29) is 0 Å². The summed E-state index contributed by atoms with van der Waals surface area (Å²) in [6.07, 6.45) is 0. The lowest BCUT2D eigenvalue weighted by atomic mass is 11.2. The Morgan fingerprint density at radius 2 is 0.577 bits per heavy atom. The highest BCUT2D eigenvalue weighted by Gasteiger charge is 2.50. The van der Waals surface area contributed by atoms with Crippen LogP contribution in [0.5, 0.6) is 0 Å². The molecule has 0 aliphatic rings. The van der Waals surface area contributed by atoms with E-state index in [4.69, 9.17) is 12.3 Å². The van der Waals surface area contributed by atoms with Crippen molar-refractivity contribution in [1.82, 2.24) is 0 Å². The van der Waals surface area contributed by atoms with Crippen LogP contribution in [0.1, 0.15) is 0 Å². The van der Waals surface area contributed by atoms with Crippen LogP contribution in [0.3, 0.4) is 0 Å². The third kappa shape index (κ3) is 5.45. The van der Waals surface area contributed by atoms with Crippen LogP contribution in [-0.2, 0) is 12.3 Å². The average Bonchev–Trinajstić information content (AvgIpc) is 2.69. The molecule has 0 amide bonds. The predicted molar refractivity (Wildman–Crippen MR) is 124 cm³/mol. The molecular formula is C19H30O3Si4. The summed E-state index contributed by atoms with van der Waals surface area (Å²) in [7, 11) is -11.4. The highest BCUT2D eigenvalue weighted by atomic mass is 28.5. The normalized spacial score (nSPS) is 12.3. The Hall–Kier alpha value is -1.59. The first kappa shape index (κ1) is 24.4. The first-order valence-corrected chi connectivity index (χ1v) is 16.6. The molecule has 0 aromatic heterocycles. The molecule has 0 spiro atoms. The quantitative estimate of drug-likeness (QED) is 0.351. The van der Waals surface area contributed by atoms with Gasteiger partial charge in [-0.2, -0.15) is 0 Å². The smallest absolute Gasteiger partial charge is 0.406 e. The molecule has 0 N–H and O–H groups in total. The van der Waals surface area contributed by atoms with Crippen molar-refractivity contribution >= 4 is 33.8 Å². The van der Waals surface area contributed by atoms with Crippen molar-refractivity contribution in [3.63, 3.8) is 0 Å². The van der Waals surface area contributed by atoms with Gasteiger partial charge in [0.1, 0.15) is 0 Å². The maximum atomic E-state index is 6.46. The Bertz CT molecular complexity index is 475. The van der Waals surface area contributed by atoms with E-state index in [1.165, 1.54) is 0 Å². The summed E-state index contributed by atoms with van der Waals surface area (Å²) < 4.78 is 19.4. The predicted octanol–water partition coefficient (Wildman–Crippen LogP) is 4.97. The Morgan fingerprint density at radius 1 is 0.423 bits per heavy atom. The Balaban J connectivity index is 6.36. The molecule has 0 atom stereocenters. The summed E-state index contributed by atoms with van der Waals surface area (Å²) in [5, 5.41) is 0. The Labute approximate surface area is 163 Å². The summed E-state index contributed by atoms with van der Waals surface area (Å²) in [4.78, 5) is 0. The number of hydrogen-bond acceptors (Lipinski definition) is 3. The molecule has 7 heteroatoms. The zero-order valence-electron chi connectivity index (χ0n) is 15.8. The molecule has 0 rings (SSSR count). The summed E-state index contributed by atoms with van der Waals surface area (Å²) >= 11 is 0. The van der Waals surface area contributed by atoms with Crippen LogP contribution < -0.4 is 0 Å². The van der Waals surface area contributed by atoms with E-state index in [2.05, 4.69) is 59.2 Å². The molecule has 0 aliphatic heterocycles. The molecule has 0 bridgehead atoms. The van der Waals surface area contributed by atoms with E-state index in [1.54, 1.807) is 51.3 Å². The maximum absolute atomic E-state index is 6.46. The van der Waals surface area contributed by atoms with E-state index >= 15 is 0 Å². The van der Waals surface area contributed by atoms with Gasteiger partial charge in [-0.05, 0) is 0 Å². The molecule has 0 unspecified atom stereocenters. The van der Waals surface area contributed by atoms with E-state index in [0.29, 0.717) is 0 Å². The maximum Gasteiger partial charge on any atom is 0.468 e. The Kier molecular flexibility index (Phi) is 9.32. The topological polar surface area (TPSA) is 27.7 Å². The van der Waals surface area contributed by atoms with E-state index in [1.807, 2.05) is 6.55 Å². The lowest BCUT2D eigenvalue weighted by Crippen LogP contribution is -2.61. The van der Waals surface area contributed by atoms with Crippen molar-refractivity contribution in [3.05, 3.63) is 111 Å². The number of rotatable bonds is 15. The summed E-state index contributed by atoms with van der Waals surface area (Å²) in [6, 6.07) is 0. The van der Waals surface area contributed by atoms with Gasteiger partial charge in [-0.1, -0.05) is 51.3 Å². The van der Waals surface area contributed by atoms with Crippen LogP contribution in [0.15, 0.2) is 111 Å². The van der Waals surface area contributed by atoms with Gasteiger partial charge in [0.25, 0.3) is 25.0 Å². The number of hydrogen-bond donors (Lipinski definition) is 0. The second-order valence-corrected chi connectivity index (χ2v) is 18.5. The minimum absolute atomic E-state index is 1.73. The molecule has 0 saturated heterocycles. The van der Waals surface area contributed by atoms with Gasteiger partial charge in [-0.25, -0.2) is 0 Å². The van der Waals surface area contributed by atoms with Crippen molar-refractivity contribution < 1.29 is 12.3 Å². The minimum atomic E-state index is -3.30.